The lowest BCUT2D eigenvalue weighted by Gasteiger charge is -2.34. The number of rotatable bonds is 8. The minimum Gasteiger partial charge on any atom is -0.497 e. The second-order valence-electron chi connectivity index (χ2n) is 7.64. The van der Waals surface area contributed by atoms with Crippen molar-refractivity contribution < 1.29 is 19.1 Å². The average molecular weight is 426 g/mol. The number of nitrogens with one attached hydrogen (secondary N) is 1. The number of hydrogen-bond donors (Lipinski definition) is 1. The summed E-state index contributed by atoms with van der Waals surface area (Å²) in [6.07, 6.45) is 1.12. The van der Waals surface area contributed by atoms with Gasteiger partial charge >= 0.3 is 6.03 Å². The molecule has 0 spiro atoms. The summed E-state index contributed by atoms with van der Waals surface area (Å²) < 4.78 is 10.8. The van der Waals surface area contributed by atoms with Gasteiger partial charge in [0.1, 0.15) is 11.5 Å². The van der Waals surface area contributed by atoms with Gasteiger partial charge < -0.3 is 24.6 Å². The first kappa shape index (κ1) is 22.5. The number of methoxy groups -OCH3 is 1. The molecule has 7 nitrogen and oxygen atoms in total. The molecule has 0 atom stereocenters. The van der Waals surface area contributed by atoms with Crippen LogP contribution >= 0.6 is 0 Å². The topological polar surface area (TPSA) is 71.1 Å². The highest BCUT2D eigenvalue weighted by Gasteiger charge is 2.23. The van der Waals surface area contributed by atoms with E-state index in [1.165, 1.54) is 5.56 Å². The molecule has 3 rings (SSSR count). The van der Waals surface area contributed by atoms with E-state index in [0.29, 0.717) is 52.2 Å². The van der Waals surface area contributed by atoms with E-state index in [4.69, 9.17) is 9.47 Å². The van der Waals surface area contributed by atoms with E-state index in [9.17, 15) is 9.59 Å². The lowest BCUT2D eigenvalue weighted by molar-refractivity contribution is -0.131. The summed E-state index contributed by atoms with van der Waals surface area (Å²) >= 11 is 0. The smallest absolute Gasteiger partial charge is 0.317 e. The number of benzene rings is 2. The van der Waals surface area contributed by atoms with E-state index in [-0.39, 0.29) is 11.9 Å². The second-order valence-corrected chi connectivity index (χ2v) is 7.64. The fourth-order valence-electron chi connectivity index (χ4n) is 3.39. The molecule has 0 aromatic heterocycles. The number of carbonyl (C=O) groups is 2. The molecule has 0 radical (unpaired) electrons. The van der Waals surface area contributed by atoms with E-state index in [0.717, 1.165) is 17.1 Å². The molecule has 1 heterocycles. The van der Waals surface area contributed by atoms with Crippen molar-refractivity contribution in [1.29, 1.82) is 0 Å². The van der Waals surface area contributed by atoms with Crippen LogP contribution in [0, 0.1) is 6.92 Å². The van der Waals surface area contributed by atoms with Crippen LogP contribution in [0.25, 0.3) is 0 Å². The zero-order valence-electron chi connectivity index (χ0n) is 18.3. The fraction of sp³-hybridized carbons (Fsp3) is 0.417. The van der Waals surface area contributed by atoms with Gasteiger partial charge in [-0.1, -0.05) is 29.8 Å². The summed E-state index contributed by atoms with van der Waals surface area (Å²) in [5, 5.41) is 2.93. The molecule has 2 aromatic rings. The van der Waals surface area contributed by atoms with Crippen LogP contribution in [0.5, 0.6) is 11.5 Å². The molecular weight excluding hydrogens is 394 g/mol. The maximum Gasteiger partial charge on any atom is 0.317 e. The van der Waals surface area contributed by atoms with Crippen molar-refractivity contribution in [2.45, 2.75) is 19.8 Å². The van der Waals surface area contributed by atoms with Gasteiger partial charge in [0.2, 0.25) is 5.91 Å². The van der Waals surface area contributed by atoms with Gasteiger partial charge in [-0.05, 0) is 43.2 Å². The van der Waals surface area contributed by atoms with E-state index in [1.807, 2.05) is 60.4 Å². The number of nitrogens with zero attached hydrogens (tertiary/aromatic N) is 2. The number of amides is 3. The Bertz CT molecular complexity index is 844. The Morgan fingerprint density at radius 2 is 1.52 bits per heavy atom. The van der Waals surface area contributed by atoms with Crippen molar-refractivity contribution in [3.8, 4) is 11.5 Å². The molecule has 1 fully saturated rings. The average Bonchev–Trinajstić information content (AvgIpc) is 2.80. The highest BCUT2D eigenvalue weighted by atomic mass is 16.5. The lowest BCUT2D eigenvalue weighted by Crippen LogP contribution is -2.53. The molecule has 1 N–H and O–H groups in total. The predicted octanol–water partition coefficient (Wildman–Crippen LogP) is 2.87. The van der Waals surface area contributed by atoms with E-state index >= 15 is 0 Å². The van der Waals surface area contributed by atoms with Crippen molar-refractivity contribution in [3.63, 3.8) is 0 Å². The first-order chi connectivity index (χ1) is 15.0. The highest BCUT2D eigenvalue weighted by molar-refractivity contribution is 5.79. The molecule has 166 valence electrons. The minimum atomic E-state index is -0.0879. The lowest BCUT2D eigenvalue weighted by atomic mass is 10.1. The molecular formula is C24H31N3O4. The van der Waals surface area contributed by atoms with Crippen LogP contribution < -0.4 is 14.8 Å². The number of hydrogen-bond acceptors (Lipinski definition) is 4. The van der Waals surface area contributed by atoms with Crippen molar-refractivity contribution in [3.05, 3.63) is 59.7 Å². The van der Waals surface area contributed by atoms with E-state index in [2.05, 4.69) is 5.32 Å². The van der Waals surface area contributed by atoms with Gasteiger partial charge in [0.15, 0.2) is 0 Å². The molecule has 0 saturated carbocycles. The predicted molar refractivity (Wildman–Crippen MR) is 120 cm³/mol. The van der Waals surface area contributed by atoms with Gasteiger partial charge in [-0.25, -0.2) is 4.79 Å². The van der Waals surface area contributed by atoms with Crippen LogP contribution in [0.15, 0.2) is 48.5 Å². The van der Waals surface area contributed by atoms with Crippen LogP contribution in [0.4, 0.5) is 4.79 Å². The van der Waals surface area contributed by atoms with Crippen molar-refractivity contribution in [2.24, 2.45) is 0 Å². The second kappa shape index (κ2) is 11.2. The Balaban J connectivity index is 1.30. The molecule has 1 aliphatic heterocycles. The van der Waals surface area contributed by atoms with Crippen molar-refractivity contribution in [2.75, 3.05) is 46.4 Å². The molecule has 0 bridgehead atoms. The van der Waals surface area contributed by atoms with Gasteiger partial charge in [-0.15, -0.1) is 0 Å². The number of urea groups is 1. The van der Waals surface area contributed by atoms with Crippen LogP contribution in [0.1, 0.15) is 17.5 Å². The summed E-state index contributed by atoms with van der Waals surface area (Å²) in [5.74, 6) is 1.68. The van der Waals surface area contributed by atoms with E-state index < -0.39 is 0 Å². The third-order valence-corrected chi connectivity index (χ3v) is 5.32. The number of ether oxygens (including phenoxy) is 2. The standard InChI is InChI=1S/C24H31N3O4/c1-19-4-6-20(7-5-19)18-23(28)26-13-15-27(16-14-26)24(29)25-12-3-17-31-22-10-8-21(30-2)9-11-22/h4-11H,3,12-18H2,1-2H3,(H,25,29). The van der Waals surface area contributed by atoms with Gasteiger partial charge in [0, 0.05) is 32.7 Å². The first-order valence-electron chi connectivity index (χ1n) is 10.7. The van der Waals surface area contributed by atoms with Crippen molar-refractivity contribution >= 4 is 11.9 Å². The third kappa shape index (κ3) is 6.91. The summed E-state index contributed by atoms with van der Waals surface area (Å²) in [4.78, 5) is 28.5. The zero-order valence-corrected chi connectivity index (χ0v) is 18.3. The van der Waals surface area contributed by atoms with Crippen molar-refractivity contribution in [1.82, 2.24) is 15.1 Å². The van der Waals surface area contributed by atoms with Gasteiger partial charge in [-0.3, -0.25) is 4.79 Å². The number of piperazine rings is 1. The van der Waals surface area contributed by atoms with Crippen LogP contribution in [-0.4, -0.2) is 68.2 Å². The number of carbonyl (C=O) groups excluding carboxylic acids is 2. The summed E-state index contributed by atoms with van der Waals surface area (Å²) in [5.41, 5.74) is 2.20. The fourth-order valence-corrected chi connectivity index (χ4v) is 3.39. The molecule has 7 heteroatoms. The molecule has 2 aromatic carbocycles. The Kier molecular flexibility index (Phi) is 8.15. The highest BCUT2D eigenvalue weighted by Crippen LogP contribution is 2.17. The van der Waals surface area contributed by atoms with Gasteiger partial charge in [0.05, 0.1) is 20.1 Å². The Labute approximate surface area is 183 Å². The normalized spacial score (nSPS) is 13.6. The Morgan fingerprint density at radius 1 is 0.903 bits per heavy atom. The molecule has 0 unspecified atom stereocenters. The summed E-state index contributed by atoms with van der Waals surface area (Å²) in [6.45, 7) is 5.33. The molecule has 1 saturated heterocycles. The molecule has 1 aliphatic rings. The Hall–Kier alpha value is -3.22. The first-order valence-corrected chi connectivity index (χ1v) is 10.7. The molecule has 0 aliphatic carbocycles. The largest absolute Gasteiger partial charge is 0.497 e. The maximum atomic E-state index is 12.5. The van der Waals surface area contributed by atoms with E-state index in [1.54, 1.807) is 12.0 Å². The molecule has 31 heavy (non-hydrogen) atoms. The molecule has 3 amide bonds. The quantitative estimate of drug-likeness (QED) is 0.661. The Morgan fingerprint density at radius 3 is 2.16 bits per heavy atom. The number of aryl methyl sites for hydroxylation is 1. The van der Waals surface area contributed by atoms with Crippen LogP contribution in [-0.2, 0) is 11.2 Å². The van der Waals surface area contributed by atoms with Crippen LogP contribution in [0.2, 0.25) is 0 Å². The van der Waals surface area contributed by atoms with Crippen LogP contribution in [0.3, 0.4) is 0 Å². The third-order valence-electron chi connectivity index (χ3n) is 5.32. The zero-order chi connectivity index (χ0) is 22.1. The summed E-state index contributed by atoms with van der Waals surface area (Å²) in [6, 6.07) is 15.4. The summed E-state index contributed by atoms with van der Waals surface area (Å²) in [7, 11) is 1.63. The minimum absolute atomic E-state index is 0.0879. The SMILES string of the molecule is COc1ccc(OCCCNC(=O)N2CCN(C(=O)Cc3ccc(C)cc3)CC2)cc1. The monoisotopic (exact) mass is 425 g/mol. The maximum absolute atomic E-state index is 12.5. The van der Waals surface area contributed by atoms with Gasteiger partial charge in [0.25, 0.3) is 0 Å². The van der Waals surface area contributed by atoms with Gasteiger partial charge in [-0.2, -0.15) is 0 Å².